The standard InChI is InChI=1S/C69H42N6/c1-43-37-44(42-70)27-32-49(43)45-28-33-56(69(38-45)75-65-26-14-8-20-55(65)59-41-48(31-36-68(59)75)73-62-23-11-5-17-52(62)53-18-6-12-24-63(53)73)57-39-46(71-2)29-34-66(57)74-64-25-13-7-19-54(64)58-40-47(30-35-67(58)74)72-60-21-9-3-15-50(60)51-16-4-10-22-61(51)72/h3-41H,1H3. The summed E-state index contributed by atoms with van der Waals surface area (Å²) in [6, 6.07) is 86.8. The number of hydrogen-bond acceptors (Lipinski definition) is 1. The molecule has 0 saturated heterocycles. The lowest BCUT2D eigenvalue weighted by molar-refractivity contribution is 1.15. The van der Waals surface area contributed by atoms with Gasteiger partial charge in [0.25, 0.3) is 0 Å². The van der Waals surface area contributed by atoms with Crippen LogP contribution in [0.15, 0.2) is 237 Å². The fourth-order valence-electron chi connectivity index (χ4n) is 12.3. The minimum Gasteiger partial charge on any atom is -0.309 e. The van der Waals surface area contributed by atoms with Crippen molar-refractivity contribution in [3.05, 3.63) is 259 Å². The number of nitrogens with zero attached hydrogens (tertiary/aromatic N) is 6. The van der Waals surface area contributed by atoms with Gasteiger partial charge in [0.2, 0.25) is 0 Å². The molecule has 15 aromatic rings. The highest BCUT2D eigenvalue weighted by atomic mass is 15.0. The molecule has 0 N–H and O–H groups in total. The summed E-state index contributed by atoms with van der Waals surface area (Å²) in [5.74, 6) is 0. The molecule has 75 heavy (non-hydrogen) atoms. The second kappa shape index (κ2) is 16.3. The molecule has 4 heterocycles. The molecule has 15 rings (SSSR count). The minimum atomic E-state index is 0.555. The van der Waals surface area contributed by atoms with Crippen LogP contribution >= 0.6 is 0 Å². The van der Waals surface area contributed by atoms with E-state index in [2.05, 4.69) is 254 Å². The van der Waals surface area contributed by atoms with Crippen LogP contribution in [0.1, 0.15) is 11.1 Å². The van der Waals surface area contributed by atoms with E-state index in [1.165, 1.54) is 32.6 Å². The molecule has 0 fully saturated rings. The molecule has 0 unspecified atom stereocenters. The second-order valence-corrected chi connectivity index (χ2v) is 19.5. The van der Waals surface area contributed by atoms with E-state index in [1.807, 2.05) is 18.2 Å². The first kappa shape index (κ1) is 42.3. The third kappa shape index (κ3) is 6.24. The third-order valence-corrected chi connectivity index (χ3v) is 15.5. The van der Waals surface area contributed by atoms with Crippen molar-refractivity contribution >= 4 is 92.9 Å². The van der Waals surface area contributed by atoms with E-state index in [1.54, 1.807) is 0 Å². The average molecular weight is 955 g/mol. The van der Waals surface area contributed by atoms with Crippen LogP contribution in [0.4, 0.5) is 5.69 Å². The quantitative estimate of drug-likeness (QED) is 0.153. The molecule has 0 aliphatic carbocycles. The SMILES string of the molecule is [C-]#[N+]c1ccc(-n2c3ccccc3c3cc(-n4c5ccccc5c5ccccc54)ccc32)c(-c2ccc(-c3ccc(C#N)cc3C)cc2-n2c3ccccc3c3cc(-n4c5ccccc5c5ccccc54)ccc32)c1. The first-order valence-corrected chi connectivity index (χ1v) is 25.3. The maximum Gasteiger partial charge on any atom is 0.188 e. The molecule has 0 atom stereocenters. The van der Waals surface area contributed by atoms with E-state index in [4.69, 9.17) is 6.57 Å². The number of nitriles is 1. The van der Waals surface area contributed by atoms with Gasteiger partial charge in [-0.05, 0) is 132 Å². The molecule has 6 heteroatoms. The van der Waals surface area contributed by atoms with Crippen molar-refractivity contribution in [2.75, 3.05) is 0 Å². The Morgan fingerprint density at radius 3 is 1.21 bits per heavy atom. The highest BCUT2D eigenvalue weighted by Gasteiger charge is 2.24. The van der Waals surface area contributed by atoms with Gasteiger partial charge in [0, 0.05) is 60.0 Å². The number of hydrogen-bond donors (Lipinski definition) is 0. The number of benzene rings is 11. The van der Waals surface area contributed by atoms with Crippen molar-refractivity contribution in [3.63, 3.8) is 0 Å². The molecule has 4 aromatic heterocycles. The Morgan fingerprint density at radius 2 is 0.760 bits per heavy atom. The van der Waals surface area contributed by atoms with Crippen molar-refractivity contribution in [2.24, 2.45) is 0 Å². The molecule has 0 aliphatic heterocycles. The van der Waals surface area contributed by atoms with Crippen molar-refractivity contribution in [1.29, 1.82) is 5.26 Å². The average Bonchev–Trinajstić information content (AvgIpc) is 4.20. The third-order valence-electron chi connectivity index (χ3n) is 15.5. The van der Waals surface area contributed by atoms with E-state index < -0.39 is 0 Å². The van der Waals surface area contributed by atoms with Crippen LogP contribution in [0.5, 0.6) is 0 Å². The fourth-order valence-corrected chi connectivity index (χ4v) is 12.3. The van der Waals surface area contributed by atoms with Crippen LogP contribution in [0, 0.1) is 24.8 Å². The zero-order valence-electron chi connectivity index (χ0n) is 40.7. The van der Waals surface area contributed by atoms with E-state index in [0.29, 0.717) is 11.3 Å². The topological polar surface area (TPSA) is 47.9 Å². The van der Waals surface area contributed by atoms with Crippen LogP contribution in [0.3, 0.4) is 0 Å². The van der Waals surface area contributed by atoms with Gasteiger partial charge in [0.1, 0.15) is 0 Å². The fraction of sp³-hybridized carbons (Fsp3) is 0.0145. The molecule has 11 aromatic carbocycles. The first-order chi connectivity index (χ1) is 37.0. The smallest absolute Gasteiger partial charge is 0.188 e. The summed E-state index contributed by atoms with van der Waals surface area (Å²) >= 11 is 0. The molecule has 6 nitrogen and oxygen atoms in total. The molecule has 0 aliphatic rings. The van der Waals surface area contributed by atoms with E-state index in [9.17, 15) is 5.26 Å². The number of fused-ring (bicyclic) bond motifs is 12. The highest BCUT2D eigenvalue weighted by Crippen LogP contribution is 2.45. The van der Waals surface area contributed by atoms with Gasteiger partial charge in [0.05, 0.1) is 73.7 Å². The summed E-state index contributed by atoms with van der Waals surface area (Å²) in [6.45, 7) is 10.5. The Hall–Kier alpha value is -10.4. The maximum absolute atomic E-state index is 9.87. The van der Waals surface area contributed by atoms with Crippen LogP contribution in [-0.4, -0.2) is 18.3 Å². The van der Waals surface area contributed by atoms with E-state index >= 15 is 0 Å². The summed E-state index contributed by atoms with van der Waals surface area (Å²) in [6.07, 6.45) is 0. The van der Waals surface area contributed by atoms with Gasteiger partial charge in [-0.2, -0.15) is 5.26 Å². The number of rotatable bonds is 6. The van der Waals surface area contributed by atoms with Crippen LogP contribution < -0.4 is 0 Å². The molecular formula is C69H42N6. The van der Waals surface area contributed by atoms with Crippen molar-refractivity contribution in [2.45, 2.75) is 6.92 Å². The summed E-state index contributed by atoms with van der Waals surface area (Å²) in [5.41, 5.74) is 19.2. The molecular weight excluding hydrogens is 913 g/mol. The van der Waals surface area contributed by atoms with Gasteiger partial charge < -0.3 is 18.3 Å². The summed E-state index contributed by atoms with van der Waals surface area (Å²) in [4.78, 5) is 4.06. The summed E-state index contributed by atoms with van der Waals surface area (Å²) < 4.78 is 9.56. The lowest BCUT2D eigenvalue weighted by atomic mass is 9.93. The van der Waals surface area contributed by atoms with Crippen LogP contribution in [-0.2, 0) is 0 Å². The number of aryl methyl sites for hydroxylation is 1. The molecule has 0 bridgehead atoms. The van der Waals surface area contributed by atoms with Crippen molar-refractivity contribution in [1.82, 2.24) is 18.3 Å². The van der Waals surface area contributed by atoms with Crippen LogP contribution in [0.25, 0.3) is 137 Å². The molecule has 0 amide bonds. The van der Waals surface area contributed by atoms with Gasteiger partial charge in [-0.15, -0.1) is 0 Å². The number of para-hydroxylation sites is 6. The molecule has 0 radical (unpaired) electrons. The Kier molecular flexibility index (Phi) is 9.20. The summed E-state index contributed by atoms with van der Waals surface area (Å²) in [5, 5.41) is 19.3. The van der Waals surface area contributed by atoms with Gasteiger partial charge in [-0.3, -0.25) is 0 Å². The van der Waals surface area contributed by atoms with E-state index in [0.717, 1.165) is 105 Å². The Labute approximate surface area is 431 Å². The maximum atomic E-state index is 9.87. The lowest BCUT2D eigenvalue weighted by Crippen LogP contribution is -2.02. The summed E-state index contributed by atoms with van der Waals surface area (Å²) in [7, 11) is 0. The zero-order chi connectivity index (χ0) is 49.9. The first-order valence-electron chi connectivity index (χ1n) is 25.3. The Morgan fingerprint density at radius 1 is 0.347 bits per heavy atom. The van der Waals surface area contributed by atoms with Gasteiger partial charge in [-0.25, -0.2) is 4.85 Å². The predicted octanol–water partition coefficient (Wildman–Crippen LogP) is 18.1. The Bertz CT molecular complexity index is 4890. The molecule has 0 saturated carbocycles. The van der Waals surface area contributed by atoms with E-state index in [-0.39, 0.29) is 0 Å². The van der Waals surface area contributed by atoms with Crippen molar-refractivity contribution in [3.8, 4) is 51.1 Å². The number of aromatic nitrogens is 4. The molecule has 0 spiro atoms. The highest BCUT2D eigenvalue weighted by molar-refractivity contribution is 6.15. The van der Waals surface area contributed by atoms with Gasteiger partial charge in [-0.1, -0.05) is 133 Å². The minimum absolute atomic E-state index is 0.555. The largest absolute Gasteiger partial charge is 0.309 e. The lowest BCUT2D eigenvalue weighted by Gasteiger charge is -2.20. The molecule has 348 valence electrons. The van der Waals surface area contributed by atoms with Crippen LogP contribution in [0.2, 0.25) is 0 Å². The monoisotopic (exact) mass is 954 g/mol. The zero-order valence-corrected chi connectivity index (χ0v) is 40.7. The van der Waals surface area contributed by atoms with Crippen molar-refractivity contribution < 1.29 is 0 Å². The normalized spacial score (nSPS) is 11.8. The second-order valence-electron chi connectivity index (χ2n) is 19.5. The van der Waals surface area contributed by atoms with Gasteiger partial charge in [0.15, 0.2) is 5.69 Å². The van der Waals surface area contributed by atoms with Gasteiger partial charge >= 0.3 is 0 Å². The predicted molar refractivity (Wildman–Crippen MR) is 310 cm³/mol. The Balaban J connectivity index is 0.997.